The van der Waals surface area contributed by atoms with E-state index in [-0.39, 0.29) is 10.0 Å². The molecular weight excluding hydrogens is 337 g/mol. The maximum absolute atomic E-state index is 13.9. The first-order chi connectivity index (χ1) is 10.1. The normalized spacial score (nSPS) is 20.1. The Morgan fingerprint density at radius 1 is 1.24 bits per heavy atom. The molecule has 1 aliphatic rings. The Morgan fingerprint density at radius 3 is 2.81 bits per heavy atom. The number of nitrogens with one attached hydrogen (secondary N) is 1. The summed E-state index contributed by atoms with van der Waals surface area (Å²) in [7, 11) is 0. The molecule has 0 saturated carbocycles. The Morgan fingerprint density at radius 2 is 2.00 bits per heavy atom. The Labute approximate surface area is 129 Å². The third kappa shape index (κ3) is 2.59. The van der Waals surface area contributed by atoms with E-state index in [1.807, 2.05) is 24.3 Å². The zero-order valence-electron chi connectivity index (χ0n) is 11.0. The zero-order chi connectivity index (χ0) is 15.0. The first kappa shape index (κ1) is 14.2. The number of carbonyl (C=O) groups is 1. The Bertz CT molecular complexity index is 704. The molecule has 1 amide bonds. The SMILES string of the molecule is O=C(N[C@@H]1c2ccccc2C[C@@H]1O)c1cccc(Br)c1F. The van der Waals surface area contributed by atoms with Crippen LogP contribution in [0.2, 0.25) is 0 Å². The summed E-state index contributed by atoms with van der Waals surface area (Å²) in [4.78, 5) is 12.2. The zero-order valence-corrected chi connectivity index (χ0v) is 12.6. The summed E-state index contributed by atoms with van der Waals surface area (Å²) in [5.74, 6) is -1.13. The Hall–Kier alpha value is -1.72. The number of hydrogen-bond donors (Lipinski definition) is 2. The number of fused-ring (bicyclic) bond motifs is 1. The van der Waals surface area contributed by atoms with Gasteiger partial charge < -0.3 is 10.4 Å². The largest absolute Gasteiger partial charge is 0.390 e. The molecule has 0 fully saturated rings. The second-order valence-electron chi connectivity index (χ2n) is 5.02. The molecule has 108 valence electrons. The van der Waals surface area contributed by atoms with Gasteiger partial charge >= 0.3 is 0 Å². The Kier molecular flexibility index (Phi) is 3.78. The first-order valence-corrected chi connectivity index (χ1v) is 7.38. The molecule has 0 bridgehead atoms. The van der Waals surface area contributed by atoms with Crippen molar-refractivity contribution in [3.63, 3.8) is 0 Å². The van der Waals surface area contributed by atoms with Gasteiger partial charge in [0.25, 0.3) is 5.91 Å². The van der Waals surface area contributed by atoms with Gasteiger partial charge in [-0.3, -0.25) is 4.79 Å². The summed E-state index contributed by atoms with van der Waals surface area (Å²) in [5.41, 5.74) is 1.85. The van der Waals surface area contributed by atoms with Crippen molar-refractivity contribution in [3.05, 3.63) is 69.4 Å². The molecule has 3 nitrogen and oxygen atoms in total. The van der Waals surface area contributed by atoms with E-state index in [1.165, 1.54) is 12.1 Å². The molecule has 0 unspecified atom stereocenters. The fraction of sp³-hybridized carbons (Fsp3) is 0.188. The summed E-state index contributed by atoms with van der Waals surface area (Å²) in [6.45, 7) is 0. The molecule has 2 N–H and O–H groups in total. The average molecular weight is 350 g/mol. The van der Waals surface area contributed by atoms with Crippen LogP contribution >= 0.6 is 15.9 Å². The summed E-state index contributed by atoms with van der Waals surface area (Å²) in [5, 5.41) is 12.8. The van der Waals surface area contributed by atoms with E-state index in [1.54, 1.807) is 6.07 Å². The van der Waals surface area contributed by atoms with E-state index in [9.17, 15) is 14.3 Å². The lowest BCUT2D eigenvalue weighted by Crippen LogP contribution is -2.34. The highest BCUT2D eigenvalue weighted by atomic mass is 79.9. The van der Waals surface area contributed by atoms with Crippen LogP contribution in [0.1, 0.15) is 27.5 Å². The van der Waals surface area contributed by atoms with Crippen LogP contribution in [-0.2, 0) is 6.42 Å². The molecule has 2 atom stereocenters. The number of aliphatic hydroxyl groups is 1. The minimum atomic E-state index is -0.693. The molecule has 0 radical (unpaired) electrons. The van der Waals surface area contributed by atoms with E-state index in [0.29, 0.717) is 6.42 Å². The molecule has 0 aliphatic heterocycles. The standard InChI is InChI=1S/C16H13BrFNO2/c17-12-7-3-6-11(14(12)18)16(21)19-15-10-5-2-1-4-9(10)8-13(15)20/h1-7,13,15,20H,8H2,(H,19,21)/t13-,15+/m0/s1. The van der Waals surface area contributed by atoms with Gasteiger partial charge in [0.2, 0.25) is 0 Å². The maximum atomic E-state index is 13.9. The van der Waals surface area contributed by atoms with Crippen molar-refractivity contribution in [2.75, 3.05) is 0 Å². The number of amides is 1. The lowest BCUT2D eigenvalue weighted by molar-refractivity contribution is 0.0854. The highest BCUT2D eigenvalue weighted by Gasteiger charge is 2.32. The smallest absolute Gasteiger partial charge is 0.254 e. The molecule has 1 aliphatic carbocycles. The predicted octanol–water partition coefficient (Wildman–Crippen LogP) is 2.98. The summed E-state index contributed by atoms with van der Waals surface area (Å²) in [6, 6.07) is 11.6. The van der Waals surface area contributed by atoms with Gasteiger partial charge in [-0.05, 0) is 39.2 Å². The number of benzene rings is 2. The molecule has 2 aromatic carbocycles. The van der Waals surface area contributed by atoms with Crippen LogP contribution in [0.15, 0.2) is 46.9 Å². The van der Waals surface area contributed by atoms with Gasteiger partial charge in [-0.1, -0.05) is 30.3 Å². The van der Waals surface area contributed by atoms with Crippen molar-refractivity contribution in [2.45, 2.75) is 18.6 Å². The minimum absolute atomic E-state index is 0.0408. The number of carbonyl (C=O) groups excluding carboxylic acids is 1. The third-order valence-electron chi connectivity index (χ3n) is 3.69. The minimum Gasteiger partial charge on any atom is -0.390 e. The lowest BCUT2D eigenvalue weighted by atomic mass is 10.1. The molecule has 5 heteroatoms. The van der Waals surface area contributed by atoms with Gasteiger partial charge in [0.05, 0.1) is 22.2 Å². The number of rotatable bonds is 2. The summed E-state index contributed by atoms with van der Waals surface area (Å²) in [6.07, 6.45) is -0.205. The van der Waals surface area contributed by atoms with Gasteiger partial charge in [-0.2, -0.15) is 0 Å². The fourth-order valence-corrected chi connectivity index (χ4v) is 3.01. The van der Waals surface area contributed by atoms with Crippen molar-refractivity contribution in [1.29, 1.82) is 0 Å². The highest BCUT2D eigenvalue weighted by molar-refractivity contribution is 9.10. The monoisotopic (exact) mass is 349 g/mol. The number of hydrogen-bond acceptors (Lipinski definition) is 2. The Balaban J connectivity index is 1.87. The predicted molar refractivity (Wildman–Crippen MR) is 80.5 cm³/mol. The summed E-state index contributed by atoms with van der Waals surface area (Å²) < 4.78 is 14.2. The van der Waals surface area contributed by atoms with E-state index in [0.717, 1.165) is 11.1 Å². The average Bonchev–Trinajstić information content (AvgIpc) is 2.78. The van der Waals surface area contributed by atoms with Crippen LogP contribution in [0.4, 0.5) is 4.39 Å². The fourth-order valence-electron chi connectivity index (χ4n) is 2.65. The second-order valence-corrected chi connectivity index (χ2v) is 5.88. The van der Waals surface area contributed by atoms with Crippen molar-refractivity contribution >= 4 is 21.8 Å². The van der Waals surface area contributed by atoms with Crippen molar-refractivity contribution in [1.82, 2.24) is 5.32 Å². The van der Waals surface area contributed by atoms with Crippen molar-refractivity contribution in [2.24, 2.45) is 0 Å². The van der Waals surface area contributed by atoms with E-state index in [4.69, 9.17) is 0 Å². The van der Waals surface area contributed by atoms with E-state index >= 15 is 0 Å². The third-order valence-corrected chi connectivity index (χ3v) is 4.30. The van der Waals surface area contributed by atoms with Gasteiger partial charge in [-0.15, -0.1) is 0 Å². The molecule has 0 spiro atoms. The van der Waals surface area contributed by atoms with Crippen LogP contribution in [0.3, 0.4) is 0 Å². The van der Waals surface area contributed by atoms with Gasteiger partial charge in [0.1, 0.15) is 5.82 Å². The summed E-state index contributed by atoms with van der Waals surface area (Å²) >= 11 is 3.06. The molecule has 0 saturated heterocycles. The molecule has 3 rings (SSSR count). The second kappa shape index (κ2) is 5.58. The van der Waals surface area contributed by atoms with Crippen molar-refractivity contribution in [3.8, 4) is 0 Å². The molecule has 21 heavy (non-hydrogen) atoms. The van der Waals surface area contributed by atoms with Crippen LogP contribution in [-0.4, -0.2) is 17.1 Å². The number of halogens is 2. The van der Waals surface area contributed by atoms with Crippen LogP contribution < -0.4 is 5.32 Å². The first-order valence-electron chi connectivity index (χ1n) is 6.58. The van der Waals surface area contributed by atoms with Gasteiger partial charge in [0.15, 0.2) is 0 Å². The van der Waals surface area contributed by atoms with Crippen molar-refractivity contribution < 1.29 is 14.3 Å². The van der Waals surface area contributed by atoms with E-state index < -0.39 is 23.9 Å². The van der Waals surface area contributed by atoms with Crippen LogP contribution in [0.5, 0.6) is 0 Å². The van der Waals surface area contributed by atoms with Gasteiger partial charge in [0, 0.05) is 6.42 Å². The van der Waals surface area contributed by atoms with Gasteiger partial charge in [-0.25, -0.2) is 4.39 Å². The molecular formula is C16H13BrFNO2. The van der Waals surface area contributed by atoms with E-state index in [2.05, 4.69) is 21.2 Å². The number of aliphatic hydroxyl groups excluding tert-OH is 1. The van der Waals surface area contributed by atoms with Crippen LogP contribution in [0, 0.1) is 5.82 Å². The van der Waals surface area contributed by atoms with Crippen LogP contribution in [0.25, 0.3) is 0 Å². The molecule has 0 heterocycles. The molecule has 0 aromatic heterocycles. The highest BCUT2D eigenvalue weighted by Crippen LogP contribution is 2.31. The molecule has 2 aromatic rings. The quantitative estimate of drug-likeness (QED) is 0.875. The topological polar surface area (TPSA) is 49.3 Å². The lowest BCUT2D eigenvalue weighted by Gasteiger charge is -2.18. The maximum Gasteiger partial charge on any atom is 0.254 e.